The maximum absolute atomic E-state index is 11.5. The Kier molecular flexibility index (Phi) is 3.21. The van der Waals surface area contributed by atoms with Crippen LogP contribution in [0.15, 0.2) is 35.1 Å². The zero-order valence-electron chi connectivity index (χ0n) is 11.8. The summed E-state index contributed by atoms with van der Waals surface area (Å²) in [6.07, 6.45) is 1.50. The number of benzene rings is 1. The van der Waals surface area contributed by atoms with Gasteiger partial charge in [-0.25, -0.2) is 9.78 Å². The van der Waals surface area contributed by atoms with Gasteiger partial charge in [0.15, 0.2) is 0 Å². The van der Waals surface area contributed by atoms with Crippen molar-refractivity contribution in [1.82, 2.24) is 14.7 Å². The van der Waals surface area contributed by atoms with Crippen LogP contribution in [0.2, 0.25) is 0 Å². The molecule has 0 aliphatic carbocycles. The highest BCUT2D eigenvalue weighted by atomic mass is 16.5. The molecule has 0 amide bonds. The van der Waals surface area contributed by atoms with Gasteiger partial charge in [0, 0.05) is 12.0 Å². The van der Waals surface area contributed by atoms with E-state index in [-0.39, 0.29) is 11.5 Å². The molecule has 0 unspecified atom stereocenters. The molecule has 0 aliphatic rings. The molecule has 6 nitrogen and oxygen atoms in total. The van der Waals surface area contributed by atoms with Crippen molar-refractivity contribution in [2.75, 3.05) is 0 Å². The number of carboxylic acid groups (broad SMARTS) is 1. The molecule has 0 spiro atoms. The van der Waals surface area contributed by atoms with Gasteiger partial charge in [0.25, 0.3) is 0 Å². The molecule has 0 bridgehead atoms. The Morgan fingerprint density at radius 2 is 2.19 bits per heavy atom. The first-order chi connectivity index (χ1) is 10.1. The van der Waals surface area contributed by atoms with E-state index in [0.29, 0.717) is 17.6 Å². The summed E-state index contributed by atoms with van der Waals surface area (Å²) in [7, 11) is 0. The number of hydrogen-bond acceptors (Lipinski definition) is 4. The standard InChI is InChI=1S/C15H15N3O3/c1-9(2)14-16-12-5-3-4-11(15(19)20)13(12)18(14)8-10-6-7-21-17-10/h3-7,9H,8H2,1-2H3,(H,19,20). The third-order valence-corrected chi connectivity index (χ3v) is 3.35. The van der Waals surface area contributed by atoms with E-state index in [9.17, 15) is 9.90 Å². The number of aromatic carboxylic acids is 1. The molecular weight excluding hydrogens is 270 g/mol. The average Bonchev–Trinajstić information content (AvgIpc) is 3.07. The highest BCUT2D eigenvalue weighted by Crippen LogP contribution is 2.25. The highest BCUT2D eigenvalue weighted by Gasteiger charge is 2.19. The van der Waals surface area contributed by atoms with Crippen LogP contribution < -0.4 is 0 Å². The summed E-state index contributed by atoms with van der Waals surface area (Å²) in [4.78, 5) is 16.1. The molecular formula is C15H15N3O3. The van der Waals surface area contributed by atoms with Crippen molar-refractivity contribution in [1.29, 1.82) is 0 Å². The Bertz CT molecular complexity index is 788. The van der Waals surface area contributed by atoms with E-state index in [1.54, 1.807) is 18.2 Å². The fourth-order valence-corrected chi connectivity index (χ4v) is 2.46. The number of nitrogens with zero attached hydrogens (tertiary/aromatic N) is 3. The van der Waals surface area contributed by atoms with Gasteiger partial charge in [-0.15, -0.1) is 0 Å². The zero-order chi connectivity index (χ0) is 15.0. The number of aromatic nitrogens is 3. The first kappa shape index (κ1) is 13.4. The maximum atomic E-state index is 11.5. The molecule has 2 heterocycles. The molecule has 0 aliphatic heterocycles. The number of rotatable bonds is 4. The fourth-order valence-electron chi connectivity index (χ4n) is 2.46. The number of imidazole rings is 1. The minimum absolute atomic E-state index is 0.172. The molecule has 0 saturated heterocycles. The van der Waals surface area contributed by atoms with Gasteiger partial charge in [0.05, 0.1) is 23.1 Å². The lowest BCUT2D eigenvalue weighted by Gasteiger charge is -2.10. The topological polar surface area (TPSA) is 81.1 Å². The van der Waals surface area contributed by atoms with Crippen molar-refractivity contribution in [3.05, 3.63) is 47.6 Å². The van der Waals surface area contributed by atoms with Crippen LogP contribution in [-0.4, -0.2) is 25.8 Å². The van der Waals surface area contributed by atoms with Gasteiger partial charge in [-0.1, -0.05) is 25.1 Å². The summed E-state index contributed by atoms with van der Waals surface area (Å²) in [6, 6.07) is 6.89. The lowest BCUT2D eigenvalue weighted by atomic mass is 10.1. The predicted molar refractivity (Wildman–Crippen MR) is 76.4 cm³/mol. The molecule has 0 radical (unpaired) electrons. The van der Waals surface area contributed by atoms with Gasteiger partial charge in [-0.05, 0) is 12.1 Å². The van der Waals surface area contributed by atoms with Crippen molar-refractivity contribution in [2.45, 2.75) is 26.3 Å². The molecule has 1 aromatic carbocycles. The summed E-state index contributed by atoms with van der Waals surface area (Å²) in [5, 5.41) is 13.3. The van der Waals surface area contributed by atoms with Crippen LogP contribution in [0.25, 0.3) is 11.0 Å². The Morgan fingerprint density at radius 3 is 2.81 bits per heavy atom. The van der Waals surface area contributed by atoms with Gasteiger partial charge < -0.3 is 14.2 Å². The SMILES string of the molecule is CC(C)c1nc2cccc(C(=O)O)c2n1Cc1ccon1. The second kappa shape index (κ2) is 5.05. The van der Waals surface area contributed by atoms with Crippen LogP contribution in [0, 0.1) is 0 Å². The first-order valence-corrected chi connectivity index (χ1v) is 6.69. The van der Waals surface area contributed by atoms with Gasteiger partial charge in [-0.3, -0.25) is 0 Å². The van der Waals surface area contributed by atoms with Crippen LogP contribution >= 0.6 is 0 Å². The van der Waals surface area contributed by atoms with E-state index in [4.69, 9.17) is 4.52 Å². The third-order valence-electron chi connectivity index (χ3n) is 3.35. The monoisotopic (exact) mass is 285 g/mol. The number of fused-ring (bicyclic) bond motifs is 1. The Hall–Kier alpha value is -2.63. The van der Waals surface area contributed by atoms with E-state index in [2.05, 4.69) is 10.1 Å². The maximum Gasteiger partial charge on any atom is 0.337 e. The molecule has 3 rings (SSSR count). The number of carboxylic acids is 1. The molecule has 108 valence electrons. The molecule has 0 saturated carbocycles. The minimum Gasteiger partial charge on any atom is -0.478 e. The molecule has 1 N–H and O–H groups in total. The Labute approximate surface area is 121 Å². The van der Waals surface area contributed by atoms with Crippen molar-refractivity contribution in [2.24, 2.45) is 0 Å². The summed E-state index contributed by atoms with van der Waals surface area (Å²) in [5.41, 5.74) is 2.28. The lowest BCUT2D eigenvalue weighted by Crippen LogP contribution is -2.09. The molecule has 2 aromatic heterocycles. The van der Waals surface area contributed by atoms with Crippen molar-refractivity contribution >= 4 is 17.0 Å². The second-order valence-electron chi connectivity index (χ2n) is 5.18. The average molecular weight is 285 g/mol. The quantitative estimate of drug-likeness (QED) is 0.797. The van der Waals surface area contributed by atoms with Gasteiger partial charge in [0.1, 0.15) is 17.8 Å². The molecule has 3 aromatic rings. The molecule has 0 atom stereocenters. The summed E-state index contributed by atoms with van der Waals surface area (Å²) < 4.78 is 6.76. The van der Waals surface area contributed by atoms with Crippen LogP contribution in [0.4, 0.5) is 0 Å². The van der Waals surface area contributed by atoms with Gasteiger partial charge in [0.2, 0.25) is 0 Å². The third kappa shape index (κ3) is 2.29. The van der Waals surface area contributed by atoms with E-state index in [1.165, 1.54) is 6.26 Å². The number of hydrogen-bond donors (Lipinski definition) is 1. The Balaban J connectivity index is 2.26. The van der Waals surface area contributed by atoms with Gasteiger partial charge >= 0.3 is 5.97 Å². The smallest absolute Gasteiger partial charge is 0.337 e. The summed E-state index contributed by atoms with van der Waals surface area (Å²) >= 11 is 0. The van der Waals surface area contributed by atoms with E-state index < -0.39 is 5.97 Å². The van der Waals surface area contributed by atoms with E-state index in [0.717, 1.165) is 11.5 Å². The van der Waals surface area contributed by atoms with Crippen LogP contribution in [0.1, 0.15) is 41.6 Å². The van der Waals surface area contributed by atoms with Crippen LogP contribution in [0.3, 0.4) is 0 Å². The Morgan fingerprint density at radius 1 is 1.38 bits per heavy atom. The summed E-state index contributed by atoms with van der Waals surface area (Å²) in [6.45, 7) is 4.49. The first-order valence-electron chi connectivity index (χ1n) is 6.69. The van der Waals surface area contributed by atoms with Crippen molar-refractivity contribution < 1.29 is 14.4 Å². The predicted octanol–water partition coefficient (Wildman–Crippen LogP) is 2.89. The minimum atomic E-state index is -0.961. The normalized spacial score (nSPS) is 11.4. The molecule has 0 fully saturated rings. The zero-order valence-corrected chi connectivity index (χ0v) is 11.8. The van der Waals surface area contributed by atoms with E-state index >= 15 is 0 Å². The van der Waals surface area contributed by atoms with E-state index in [1.807, 2.05) is 24.5 Å². The van der Waals surface area contributed by atoms with Crippen molar-refractivity contribution in [3.63, 3.8) is 0 Å². The van der Waals surface area contributed by atoms with Gasteiger partial charge in [-0.2, -0.15) is 0 Å². The number of carbonyl (C=O) groups is 1. The second-order valence-corrected chi connectivity index (χ2v) is 5.18. The number of para-hydroxylation sites is 1. The summed E-state index contributed by atoms with van der Waals surface area (Å²) in [5.74, 6) is 0.0462. The fraction of sp³-hybridized carbons (Fsp3) is 0.267. The van der Waals surface area contributed by atoms with Crippen LogP contribution in [-0.2, 0) is 6.54 Å². The largest absolute Gasteiger partial charge is 0.478 e. The highest BCUT2D eigenvalue weighted by molar-refractivity contribution is 6.01. The lowest BCUT2D eigenvalue weighted by molar-refractivity contribution is 0.0698. The molecule has 21 heavy (non-hydrogen) atoms. The molecule has 6 heteroatoms. The van der Waals surface area contributed by atoms with Crippen LogP contribution in [0.5, 0.6) is 0 Å². The van der Waals surface area contributed by atoms with Crippen molar-refractivity contribution in [3.8, 4) is 0 Å².